The van der Waals surface area contributed by atoms with Crippen LogP contribution in [-0.2, 0) is 6.54 Å². The summed E-state index contributed by atoms with van der Waals surface area (Å²) in [5, 5.41) is 5.40. The molecule has 0 spiro atoms. The maximum Gasteiger partial charge on any atom is 0.257 e. The van der Waals surface area contributed by atoms with Gasteiger partial charge in [-0.2, -0.15) is 4.57 Å². The summed E-state index contributed by atoms with van der Waals surface area (Å²) >= 11 is 8.09. The summed E-state index contributed by atoms with van der Waals surface area (Å²) in [6.07, 6.45) is 17.9. The van der Waals surface area contributed by atoms with Gasteiger partial charge in [-0.3, -0.25) is 4.79 Å². The molecule has 37 heavy (non-hydrogen) atoms. The van der Waals surface area contributed by atoms with E-state index in [-0.39, 0.29) is 5.91 Å². The lowest BCUT2D eigenvalue weighted by Crippen LogP contribution is -2.30. The maximum atomic E-state index is 12.8. The van der Waals surface area contributed by atoms with Crippen LogP contribution in [0.2, 0.25) is 5.02 Å². The van der Waals surface area contributed by atoms with Crippen molar-refractivity contribution >= 4 is 34.5 Å². The van der Waals surface area contributed by atoms with E-state index in [4.69, 9.17) is 16.3 Å². The van der Waals surface area contributed by atoms with Gasteiger partial charge < -0.3 is 10.1 Å². The van der Waals surface area contributed by atoms with Gasteiger partial charge in [-0.25, -0.2) is 0 Å². The smallest absolute Gasteiger partial charge is 0.257 e. The van der Waals surface area contributed by atoms with Crippen molar-refractivity contribution in [2.24, 2.45) is 0 Å². The van der Waals surface area contributed by atoms with Crippen LogP contribution in [0.4, 0.5) is 5.69 Å². The Bertz CT molecular complexity index is 1060. The first-order chi connectivity index (χ1) is 18.2. The fourth-order valence-electron chi connectivity index (χ4n) is 4.41. The molecule has 0 radical (unpaired) electrons. The highest BCUT2D eigenvalue weighted by molar-refractivity contribution is 7.07. The van der Waals surface area contributed by atoms with Crippen molar-refractivity contribution in [3.05, 3.63) is 75.7 Å². The molecule has 0 atom stereocenters. The third-order valence-electron chi connectivity index (χ3n) is 6.53. The van der Waals surface area contributed by atoms with Gasteiger partial charge in [0.15, 0.2) is 12.7 Å². The van der Waals surface area contributed by atoms with E-state index in [0.29, 0.717) is 22.9 Å². The van der Waals surface area contributed by atoms with Crippen LogP contribution in [0.5, 0.6) is 5.75 Å². The molecule has 0 saturated carbocycles. The van der Waals surface area contributed by atoms with Gasteiger partial charge in [0, 0.05) is 11.3 Å². The average Bonchev–Trinajstić information content (AvgIpc) is 3.40. The summed E-state index contributed by atoms with van der Waals surface area (Å²) < 4.78 is 7.99. The number of aromatic nitrogens is 1. The quantitative estimate of drug-likeness (QED) is 0.129. The lowest BCUT2D eigenvalue weighted by atomic mass is 10.1. The molecule has 2 aromatic carbocycles. The van der Waals surface area contributed by atoms with Gasteiger partial charge in [0.25, 0.3) is 5.91 Å². The Hall–Kier alpha value is -2.37. The molecule has 0 unspecified atom stereocenters. The van der Waals surface area contributed by atoms with Crippen molar-refractivity contribution in [1.82, 2.24) is 0 Å². The maximum absolute atomic E-state index is 12.8. The van der Waals surface area contributed by atoms with E-state index >= 15 is 0 Å². The van der Waals surface area contributed by atoms with E-state index in [9.17, 15) is 4.79 Å². The lowest BCUT2D eigenvalue weighted by molar-refractivity contribution is -0.683. The fourth-order valence-corrected chi connectivity index (χ4v) is 5.27. The van der Waals surface area contributed by atoms with Gasteiger partial charge in [-0.1, -0.05) is 113 Å². The summed E-state index contributed by atoms with van der Waals surface area (Å²) in [6.45, 7) is 3.71. The Balaban J connectivity index is 1.32. The molecule has 0 aliphatic heterocycles. The van der Waals surface area contributed by atoms with E-state index in [1.807, 2.05) is 35.8 Å². The molecule has 1 aromatic heterocycles. The second-order valence-electron chi connectivity index (χ2n) is 9.73. The molecule has 0 bridgehead atoms. The highest BCUT2D eigenvalue weighted by Crippen LogP contribution is 2.24. The fraction of sp³-hybridized carbons (Fsp3) is 0.484. The molecule has 3 aromatic rings. The first-order valence-corrected chi connectivity index (χ1v) is 15.2. The topological polar surface area (TPSA) is 42.2 Å². The van der Waals surface area contributed by atoms with Crippen molar-refractivity contribution in [1.29, 1.82) is 0 Å². The summed E-state index contributed by atoms with van der Waals surface area (Å²) in [6, 6.07) is 13.2. The largest absolute Gasteiger partial charge is 0.494 e. The molecule has 0 aliphatic carbocycles. The van der Waals surface area contributed by atoms with Crippen molar-refractivity contribution in [2.75, 3.05) is 11.9 Å². The molecule has 1 heterocycles. The Morgan fingerprint density at radius 3 is 2.27 bits per heavy atom. The number of carbonyl (C=O) groups is 1. The van der Waals surface area contributed by atoms with Crippen LogP contribution in [0.15, 0.2) is 59.6 Å². The van der Waals surface area contributed by atoms with E-state index in [1.165, 1.54) is 70.6 Å². The Kier molecular flexibility index (Phi) is 13.6. The minimum Gasteiger partial charge on any atom is -0.494 e. The van der Waals surface area contributed by atoms with E-state index in [0.717, 1.165) is 24.2 Å². The van der Waals surface area contributed by atoms with Crippen molar-refractivity contribution < 1.29 is 14.1 Å². The number of anilines is 1. The highest BCUT2D eigenvalue weighted by Gasteiger charge is 2.13. The normalized spacial score (nSPS) is 11.0. The molecule has 0 aliphatic rings. The number of hydrogen-bond acceptors (Lipinski definition) is 3. The van der Waals surface area contributed by atoms with Gasteiger partial charge in [-0.15, -0.1) is 0 Å². The highest BCUT2D eigenvalue weighted by atomic mass is 35.5. The predicted octanol–water partition coefficient (Wildman–Crippen LogP) is 9.07. The Labute approximate surface area is 232 Å². The molecule has 200 valence electrons. The second kappa shape index (κ2) is 17.2. The molecule has 3 rings (SSSR count). The summed E-state index contributed by atoms with van der Waals surface area (Å²) in [4.78, 5) is 12.8. The van der Waals surface area contributed by atoms with Crippen LogP contribution in [0.1, 0.15) is 99.9 Å². The molecule has 1 amide bonds. The Morgan fingerprint density at radius 1 is 0.919 bits per heavy atom. The first kappa shape index (κ1) is 29.2. The summed E-state index contributed by atoms with van der Waals surface area (Å²) in [5.74, 6) is 0.484. The zero-order valence-electron chi connectivity index (χ0n) is 22.2. The van der Waals surface area contributed by atoms with Gasteiger partial charge in [0.05, 0.1) is 22.6 Å². The number of ether oxygens (including phenoxy) is 1. The number of unbranched alkanes of at least 4 members (excludes halogenated alkanes) is 11. The van der Waals surface area contributed by atoms with Gasteiger partial charge in [-0.05, 0) is 36.8 Å². The number of carbonyl (C=O) groups excluding carboxylic acids is 1. The standard InChI is InChI=1S/C31H41ClN2O2S/c1-2-3-4-5-6-7-8-9-10-11-12-13-20-36-28-17-18-29(30(32)23-28)31(35)33-27-16-14-15-26(22-27)24-34-19-21-37-25-34/h14-19,21-23,25H,2-13,20,24H2,1H3/p+1. The number of rotatable bonds is 18. The van der Waals surface area contributed by atoms with Gasteiger partial charge in [0.2, 0.25) is 5.51 Å². The number of nitrogens with zero attached hydrogens (tertiary/aromatic N) is 1. The van der Waals surface area contributed by atoms with Crippen LogP contribution in [-0.4, -0.2) is 12.5 Å². The van der Waals surface area contributed by atoms with E-state index < -0.39 is 0 Å². The number of thiazole rings is 1. The number of nitrogens with one attached hydrogen (secondary N) is 1. The Morgan fingerprint density at radius 2 is 1.62 bits per heavy atom. The van der Waals surface area contributed by atoms with Crippen LogP contribution >= 0.6 is 22.9 Å². The molecule has 6 heteroatoms. The van der Waals surface area contributed by atoms with Crippen LogP contribution in [0.3, 0.4) is 0 Å². The van der Waals surface area contributed by atoms with Gasteiger partial charge >= 0.3 is 0 Å². The minimum absolute atomic E-state index is 0.224. The molecular formula is C31H42ClN2O2S+. The molecule has 0 fully saturated rings. The van der Waals surface area contributed by atoms with Crippen LogP contribution in [0, 0.1) is 0 Å². The average molecular weight is 542 g/mol. The number of hydrogen-bond donors (Lipinski definition) is 1. The lowest BCUT2D eigenvalue weighted by Gasteiger charge is -2.10. The zero-order chi connectivity index (χ0) is 26.1. The second-order valence-corrected chi connectivity index (χ2v) is 10.9. The summed E-state index contributed by atoms with van der Waals surface area (Å²) in [5.41, 5.74) is 4.37. The zero-order valence-corrected chi connectivity index (χ0v) is 23.8. The molecular weight excluding hydrogens is 500 g/mol. The van der Waals surface area contributed by atoms with Crippen molar-refractivity contribution in [3.63, 3.8) is 0 Å². The third-order valence-corrected chi connectivity index (χ3v) is 7.51. The molecule has 4 nitrogen and oxygen atoms in total. The van der Waals surface area contributed by atoms with Crippen LogP contribution in [0.25, 0.3) is 0 Å². The molecule has 0 saturated heterocycles. The third kappa shape index (κ3) is 11.3. The number of amides is 1. The van der Waals surface area contributed by atoms with Crippen molar-refractivity contribution in [2.45, 2.75) is 90.5 Å². The van der Waals surface area contributed by atoms with Crippen molar-refractivity contribution in [3.8, 4) is 5.75 Å². The van der Waals surface area contributed by atoms with E-state index in [2.05, 4.69) is 28.4 Å². The number of halogens is 1. The monoisotopic (exact) mass is 541 g/mol. The minimum atomic E-state index is -0.224. The SMILES string of the molecule is CCCCCCCCCCCCCCOc1ccc(C(=O)Nc2cccc(C[n+]3ccsc3)c2)c(Cl)c1. The summed E-state index contributed by atoms with van der Waals surface area (Å²) in [7, 11) is 0. The first-order valence-electron chi connectivity index (χ1n) is 13.9. The predicted molar refractivity (Wildman–Crippen MR) is 156 cm³/mol. The molecule has 1 N–H and O–H groups in total. The number of benzene rings is 2. The van der Waals surface area contributed by atoms with Gasteiger partial charge in [0.1, 0.15) is 5.75 Å². The van der Waals surface area contributed by atoms with Crippen LogP contribution < -0.4 is 14.6 Å². The van der Waals surface area contributed by atoms with E-state index in [1.54, 1.807) is 23.5 Å².